The highest BCUT2D eigenvalue weighted by atomic mass is 35.5. The minimum atomic E-state index is -3.57. The summed E-state index contributed by atoms with van der Waals surface area (Å²) in [6.45, 7) is 0.222. The van der Waals surface area contributed by atoms with Crippen molar-refractivity contribution in [2.75, 3.05) is 31.7 Å². The molecule has 0 spiro atoms. The first-order chi connectivity index (χ1) is 17.5. The van der Waals surface area contributed by atoms with E-state index in [0.717, 1.165) is 17.4 Å². The van der Waals surface area contributed by atoms with Gasteiger partial charge in [-0.25, -0.2) is 8.42 Å². The second-order valence-electron chi connectivity index (χ2n) is 8.60. The SMILES string of the molecule is COc1ccc(C(Cc2ccc(Cl)cc2Cl)NCC(O)Cc2ccc(O)c(NS(C)(=O)=O)c2)cc1OC. The molecular weight excluding hydrogens is 539 g/mol. The quantitative estimate of drug-likeness (QED) is 0.236. The molecule has 0 bridgehead atoms. The Labute approximate surface area is 227 Å². The van der Waals surface area contributed by atoms with Crippen molar-refractivity contribution in [1.82, 2.24) is 5.32 Å². The summed E-state index contributed by atoms with van der Waals surface area (Å²) in [6.07, 6.45) is 0.935. The molecule has 200 valence electrons. The van der Waals surface area contributed by atoms with Crippen LogP contribution in [0.2, 0.25) is 10.0 Å². The number of aliphatic hydroxyl groups excluding tert-OH is 1. The number of aliphatic hydroxyl groups is 1. The van der Waals surface area contributed by atoms with E-state index in [-0.39, 0.29) is 30.4 Å². The van der Waals surface area contributed by atoms with Crippen LogP contribution in [0.1, 0.15) is 22.7 Å². The molecule has 3 rings (SSSR count). The molecule has 0 saturated carbocycles. The van der Waals surface area contributed by atoms with Crippen LogP contribution in [-0.4, -0.2) is 51.8 Å². The molecule has 0 aromatic heterocycles. The summed E-state index contributed by atoms with van der Waals surface area (Å²) in [5, 5.41) is 25.2. The van der Waals surface area contributed by atoms with Gasteiger partial charge in [0.1, 0.15) is 5.75 Å². The van der Waals surface area contributed by atoms with E-state index < -0.39 is 16.1 Å². The number of phenols is 1. The van der Waals surface area contributed by atoms with E-state index in [1.54, 1.807) is 32.4 Å². The normalized spacial score (nSPS) is 13.1. The highest BCUT2D eigenvalue weighted by Crippen LogP contribution is 2.33. The van der Waals surface area contributed by atoms with E-state index in [0.29, 0.717) is 33.5 Å². The minimum Gasteiger partial charge on any atom is -0.506 e. The molecule has 0 aliphatic rings. The van der Waals surface area contributed by atoms with Crippen molar-refractivity contribution >= 4 is 38.9 Å². The molecule has 0 aliphatic heterocycles. The van der Waals surface area contributed by atoms with Gasteiger partial charge in [0, 0.05) is 22.6 Å². The van der Waals surface area contributed by atoms with Gasteiger partial charge in [0.15, 0.2) is 11.5 Å². The zero-order valence-electron chi connectivity index (χ0n) is 20.7. The maximum atomic E-state index is 11.6. The third-order valence-corrected chi connectivity index (χ3v) is 6.85. The molecular formula is C26H30Cl2N2O6S. The number of hydrogen-bond acceptors (Lipinski definition) is 7. The largest absolute Gasteiger partial charge is 0.506 e. The van der Waals surface area contributed by atoms with Crippen molar-refractivity contribution in [2.45, 2.75) is 25.0 Å². The molecule has 0 saturated heterocycles. The summed E-state index contributed by atoms with van der Waals surface area (Å²) in [5.74, 6) is 0.972. The van der Waals surface area contributed by atoms with Crippen LogP contribution in [-0.2, 0) is 22.9 Å². The molecule has 3 aromatic carbocycles. The number of aromatic hydroxyl groups is 1. The fourth-order valence-corrected chi connectivity index (χ4v) is 4.95. The monoisotopic (exact) mass is 568 g/mol. The van der Waals surface area contributed by atoms with Crippen molar-refractivity contribution < 1.29 is 28.1 Å². The molecule has 8 nitrogen and oxygen atoms in total. The van der Waals surface area contributed by atoms with Gasteiger partial charge < -0.3 is 25.0 Å². The molecule has 2 unspecified atom stereocenters. The Morgan fingerprint density at radius 1 is 0.946 bits per heavy atom. The van der Waals surface area contributed by atoms with E-state index in [4.69, 9.17) is 32.7 Å². The Bertz CT molecular complexity index is 1340. The number of sulfonamides is 1. The van der Waals surface area contributed by atoms with Crippen LogP contribution in [0.15, 0.2) is 54.6 Å². The Morgan fingerprint density at radius 3 is 2.32 bits per heavy atom. The van der Waals surface area contributed by atoms with Crippen LogP contribution in [0.25, 0.3) is 0 Å². The number of benzene rings is 3. The third kappa shape index (κ3) is 8.41. The number of rotatable bonds is 12. The van der Waals surface area contributed by atoms with Gasteiger partial charge >= 0.3 is 0 Å². The first-order valence-electron chi connectivity index (χ1n) is 11.4. The van der Waals surface area contributed by atoms with Crippen LogP contribution >= 0.6 is 23.2 Å². The average Bonchev–Trinajstić information content (AvgIpc) is 2.83. The number of hydrogen-bond donors (Lipinski definition) is 4. The molecule has 2 atom stereocenters. The van der Waals surface area contributed by atoms with Crippen LogP contribution < -0.4 is 19.5 Å². The minimum absolute atomic E-state index is 0.0562. The van der Waals surface area contributed by atoms with E-state index >= 15 is 0 Å². The summed E-state index contributed by atoms with van der Waals surface area (Å²) in [7, 11) is -0.436. The maximum Gasteiger partial charge on any atom is 0.229 e. The summed E-state index contributed by atoms with van der Waals surface area (Å²) >= 11 is 12.5. The van der Waals surface area contributed by atoms with E-state index in [1.807, 2.05) is 24.3 Å². The molecule has 11 heteroatoms. The van der Waals surface area contributed by atoms with Gasteiger partial charge in [-0.3, -0.25) is 4.72 Å². The first-order valence-corrected chi connectivity index (χ1v) is 14.0. The van der Waals surface area contributed by atoms with Crippen molar-refractivity contribution in [3.05, 3.63) is 81.3 Å². The molecule has 0 heterocycles. The number of nitrogens with one attached hydrogen (secondary N) is 2. The second kappa shape index (κ2) is 12.7. The van der Waals surface area contributed by atoms with Crippen molar-refractivity contribution in [2.24, 2.45) is 0 Å². The molecule has 0 radical (unpaired) electrons. The lowest BCUT2D eigenvalue weighted by molar-refractivity contribution is 0.167. The number of ether oxygens (including phenoxy) is 2. The summed E-state index contributed by atoms with van der Waals surface area (Å²) in [4.78, 5) is 0. The zero-order chi connectivity index (χ0) is 27.2. The van der Waals surface area contributed by atoms with Crippen LogP contribution in [0.3, 0.4) is 0 Å². The summed E-state index contributed by atoms with van der Waals surface area (Å²) < 4.78 is 36.2. The standard InChI is InChI=1S/C26H30Cl2N2O6S/c1-35-25-9-6-18(13-26(25)36-2)22(12-17-5-7-19(27)14-21(17)28)29-15-20(31)10-16-4-8-24(32)23(11-16)30-37(3,33)34/h4-9,11,13-14,20,22,29-32H,10,12,15H2,1-3H3. The lowest BCUT2D eigenvalue weighted by Crippen LogP contribution is -2.32. The van der Waals surface area contributed by atoms with Gasteiger partial charge in [-0.15, -0.1) is 0 Å². The van der Waals surface area contributed by atoms with E-state index in [1.165, 1.54) is 12.1 Å². The first kappa shape index (κ1) is 28.9. The smallest absolute Gasteiger partial charge is 0.229 e. The predicted octanol–water partition coefficient (Wildman–Crippen LogP) is 4.56. The zero-order valence-corrected chi connectivity index (χ0v) is 23.0. The average molecular weight is 570 g/mol. The highest BCUT2D eigenvalue weighted by molar-refractivity contribution is 7.92. The van der Waals surface area contributed by atoms with Crippen molar-refractivity contribution in [1.29, 1.82) is 0 Å². The molecule has 0 amide bonds. The fourth-order valence-electron chi connectivity index (χ4n) is 3.90. The molecule has 0 aliphatic carbocycles. The van der Waals surface area contributed by atoms with Crippen LogP contribution in [0, 0.1) is 0 Å². The predicted molar refractivity (Wildman–Crippen MR) is 147 cm³/mol. The lowest BCUT2D eigenvalue weighted by atomic mass is 9.97. The van der Waals surface area contributed by atoms with Gasteiger partial charge in [0.05, 0.1) is 32.3 Å². The molecule has 3 aromatic rings. The maximum absolute atomic E-state index is 11.6. The lowest BCUT2D eigenvalue weighted by Gasteiger charge is -2.23. The Kier molecular flexibility index (Phi) is 9.92. The van der Waals surface area contributed by atoms with E-state index in [2.05, 4.69) is 10.0 Å². The van der Waals surface area contributed by atoms with E-state index in [9.17, 15) is 18.6 Å². The molecule has 4 N–H and O–H groups in total. The Balaban J connectivity index is 1.79. The summed E-state index contributed by atoms with van der Waals surface area (Å²) in [5.41, 5.74) is 2.49. The Hall–Kier alpha value is -2.69. The number of anilines is 1. The van der Waals surface area contributed by atoms with Gasteiger partial charge in [0.2, 0.25) is 10.0 Å². The topological polar surface area (TPSA) is 117 Å². The number of halogens is 2. The highest BCUT2D eigenvalue weighted by Gasteiger charge is 2.19. The van der Waals surface area contributed by atoms with Crippen LogP contribution in [0.5, 0.6) is 17.2 Å². The van der Waals surface area contributed by atoms with Gasteiger partial charge in [-0.2, -0.15) is 0 Å². The molecule has 0 fully saturated rings. The van der Waals surface area contributed by atoms with Gasteiger partial charge in [-0.1, -0.05) is 41.4 Å². The third-order valence-electron chi connectivity index (χ3n) is 5.68. The summed E-state index contributed by atoms with van der Waals surface area (Å²) in [6, 6.07) is 15.2. The van der Waals surface area contributed by atoms with Crippen molar-refractivity contribution in [3.8, 4) is 17.2 Å². The molecule has 37 heavy (non-hydrogen) atoms. The number of methoxy groups -OCH3 is 2. The van der Waals surface area contributed by atoms with Gasteiger partial charge in [-0.05, 0) is 65.9 Å². The second-order valence-corrected chi connectivity index (χ2v) is 11.2. The van der Waals surface area contributed by atoms with Gasteiger partial charge in [0.25, 0.3) is 0 Å². The fraction of sp³-hybridized carbons (Fsp3) is 0.308. The Morgan fingerprint density at radius 2 is 1.68 bits per heavy atom. The van der Waals surface area contributed by atoms with Crippen LogP contribution in [0.4, 0.5) is 5.69 Å². The van der Waals surface area contributed by atoms with Crippen molar-refractivity contribution in [3.63, 3.8) is 0 Å². The number of phenolic OH excluding ortho intramolecular Hbond substituents is 1.